The van der Waals surface area contributed by atoms with Gasteiger partial charge in [-0.25, -0.2) is 0 Å². The first-order valence-electron chi connectivity index (χ1n) is 11.5. The molecule has 31 heavy (non-hydrogen) atoms. The molecule has 2 fully saturated rings. The molecule has 2 unspecified atom stereocenters. The van der Waals surface area contributed by atoms with E-state index in [1.807, 2.05) is 31.2 Å². The van der Waals surface area contributed by atoms with Crippen molar-refractivity contribution >= 4 is 5.96 Å². The normalized spacial score (nSPS) is 23.2. The van der Waals surface area contributed by atoms with Crippen LogP contribution in [0.25, 0.3) is 0 Å². The Balaban J connectivity index is 1.37. The highest BCUT2D eigenvalue weighted by Crippen LogP contribution is 2.22. The zero-order valence-corrected chi connectivity index (χ0v) is 19.1. The van der Waals surface area contributed by atoms with Crippen molar-refractivity contribution in [2.75, 3.05) is 39.8 Å². The molecule has 1 aromatic heterocycles. The van der Waals surface area contributed by atoms with Gasteiger partial charge in [0.05, 0.1) is 19.3 Å². The molecule has 1 N–H and O–H groups in total. The number of piperidine rings is 1. The van der Waals surface area contributed by atoms with Crippen LogP contribution in [-0.4, -0.2) is 65.4 Å². The van der Waals surface area contributed by atoms with E-state index in [1.54, 1.807) is 0 Å². The summed E-state index contributed by atoms with van der Waals surface area (Å²) < 4.78 is 7.82. The number of nitrogens with zero attached hydrogens (tertiary/aromatic N) is 5. The third-order valence-corrected chi connectivity index (χ3v) is 6.36. The average Bonchev–Trinajstić information content (AvgIpc) is 3.22. The van der Waals surface area contributed by atoms with Crippen molar-refractivity contribution in [3.05, 3.63) is 53.3 Å². The van der Waals surface area contributed by atoms with Crippen molar-refractivity contribution in [1.82, 2.24) is 24.9 Å². The first-order valence-corrected chi connectivity index (χ1v) is 11.5. The van der Waals surface area contributed by atoms with Crippen molar-refractivity contribution in [2.24, 2.45) is 18.0 Å². The number of aromatic nitrogens is 2. The van der Waals surface area contributed by atoms with Gasteiger partial charge in [0.1, 0.15) is 6.10 Å². The van der Waals surface area contributed by atoms with E-state index in [9.17, 15) is 0 Å². The quantitative estimate of drug-likeness (QED) is 0.591. The number of benzene rings is 1. The molecule has 0 radical (unpaired) electrons. The van der Waals surface area contributed by atoms with E-state index in [4.69, 9.17) is 4.74 Å². The first-order chi connectivity index (χ1) is 15.1. The fourth-order valence-corrected chi connectivity index (χ4v) is 4.71. The summed E-state index contributed by atoms with van der Waals surface area (Å²) in [5.41, 5.74) is 3.87. The lowest BCUT2D eigenvalue weighted by atomic mass is 9.99. The largest absolute Gasteiger partial charge is 0.370 e. The van der Waals surface area contributed by atoms with Crippen LogP contribution in [0.15, 0.2) is 41.7 Å². The molecule has 4 rings (SSSR count). The second-order valence-electron chi connectivity index (χ2n) is 8.90. The van der Waals surface area contributed by atoms with Gasteiger partial charge < -0.3 is 15.0 Å². The number of ether oxygens (including phenoxy) is 1. The third-order valence-electron chi connectivity index (χ3n) is 6.36. The molecule has 2 atom stereocenters. The van der Waals surface area contributed by atoms with E-state index in [2.05, 4.69) is 56.4 Å². The molecule has 7 heteroatoms. The topological polar surface area (TPSA) is 57.9 Å². The van der Waals surface area contributed by atoms with Crippen molar-refractivity contribution in [3.63, 3.8) is 0 Å². The van der Waals surface area contributed by atoms with E-state index < -0.39 is 0 Å². The predicted molar refractivity (Wildman–Crippen MR) is 124 cm³/mol. The second kappa shape index (κ2) is 10.3. The van der Waals surface area contributed by atoms with Crippen molar-refractivity contribution in [2.45, 2.75) is 39.0 Å². The lowest BCUT2D eigenvalue weighted by Gasteiger charge is -2.35. The Kier molecular flexibility index (Phi) is 7.25. The Bertz CT molecular complexity index is 878. The maximum atomic E-state index is 5.99. The van der Waals surface area contributed by atoms with Crippen molar-refractivity contribution in [3.8, 4) is 0 Å². The second-order valence-corrected chi connectivity index (χ2v) is 8.90. The lowest BCUT2D eigenvalue weighted by Crippen LogP contribution is -2.48. The van der Waals surface area contributed by atoms with Crippen LogP contribution in [-0.2, 0) is 24.9 Å². The minimum atomic E-state index is 0.0226. The van der Waals surface area contributed by atoms with Gasteiger partial charge in [0.15, 0.2) is 5.96 Å². The highest BCUT2D eigenvalue weighted by atomic mass is 16.5. The van der Waals surface area contributed by atoms with Gasteiger partial charge >= 0.3 is 0 Å². The van der Waals surface area contributed by atoms with Gasteiger partial charge in [-0.3, -0.25) is 14.6 Å². The smallest absolute Gasteiger partial charge is 0.194 e. The molecule has 0 aliphatic carbocycles. The summed E-state index contributed by atoms with van der Waals surface area (Å²) >= 11 is 0. The molecule has 2 aromatic rings. The Hall–Kier alpha value is -2.38. The summed E-state index contributed by atoms with van der Waals surface area (Å²) in [6.45, 7) is 8.88. The summed E-state index contributed by atoms with van der Waals surface area (Å²) in [4.78, 5) is 9.45. The summed E-state index contributed by atoms with van der Waals surface area (Å²) in [5.74, 6) is 1.73. The van der Waals surface area contributed by atoms with E-state index in [0.29, 0.717) is 6.61 Å². The molecular formula is C24H36N6O. The predicted octanol–water partition coefficient (Wildman–Crippen LogP) is 2.80. The van der Waals surface area contributed by atoms with Crippen molar-refractivity contribution in [1.29, 1.82) is 0 Å². The number of nitrogens with one attached hydrogen (secondary N) is 1. The minimum absolute atomic E-state index is 0.0226. The van der Waals surface area contributed by atoms with Crippen LogP contribution in [0.4, 0.5) is 0 Å². The zero-order valence-electron chi connectivity index (χ0n) is 19.1. The molecule has 2 aliphatic heterocycles. The highest BCUT2D eigenvalue weighted by molar-refractivity contribution is 5.80. The Morgan fingerprint density at radius 2 is 2.06 bits per heavy atom. The van der Waals surface area contributed by atoms with Crippen LogP contribution < -0.4 is 5.32 Å². The number of hydrogen-bond acceptors (Lipinski definition) is 4. The molecule has 2 saturated heterocycles. The monoisotopic (exact) mass is 424 g/mol. The Morgan fingerprint density at radius 3 is 2.81 bits per heavy atom. The van der Waals surface area contributed by atoms with Crippen LogP contribution in [0.5, 0.6) is 0 Å². The summed E-state index contributed by atoms with van der Waals surface area (Å²) in [6.07, 6.45) is 6.61. The molecule has 0 spiro atoms. The van der Waals surface area contributed by atoms with Gasteiger partial charge in [0.25, 0.3) is 0 Å². The van der Waals surface area contributed by atoms with Gasteiger partial charge in [-0.05, 0) is 36.4 Å². The molecular weight excluding hydrogens is 388 g/mol. The van der Waals surface area contributed by atoms with E-state index in [1.165, 1.54) is 37.1 Å². The number of aryl methyl sites for hydroxylation is 1. The van der Waals surface area contributed by atoms with Crippen LogP contribution in [0.2, 0.25) is 0 Å². The molecule has 2 aliphatic rings. The molecule has 7 nitrogen and oxygen atoms in total. The lowest BCUT2D eigenvalue weighted by molar-refractivity contribution is -0.00805. The van der Waals surface area contributed by atoms with Gasteiger partial charge in [0, 0.05) is 52.0 Å². The van der Waals surface area contributed by atoms with E-state index >= 15 is 0 Å². The number of likely N-dealkylation sites (tertiary alicyclic amines) is 1. The van der Waals surface area contributed by atoms with Crippen LogP contribution in [0, 0.1) is 5.92 Å². The van der Waals surface area contributed by atoms with Gasteiger partial charge in [0.2, 0.25) is 0 Å². The first kappa shape index (κ1) is 21.8. The van der Waals surface area contributed by atoms with Gasteiger partial charge in [-0.1, -0.05) is 31.2 Å². The standard InChI is InChI=1S/C24H36N6O/c1-19-7-6-10-29(15-19)17-21-9-5-4-8-20(21)13-26-24(25-2)30-11-12-31-23(18-30)22-14-27-28(3)16-22/h4-5,8-9,14,16,19,23H,6-7,10-13,15,17-18H2,1-3H3,(H,25,26). The summed E-state index contributed by atoms with van der Waals surface area (Å²) in [6, 6.07) is 8.80. The SMILES string of the molecule is CN=C(NCc1ccccc1CN1CCCC(C)C1)N1CCOC(c2cnn(C)c2)C1. The fourth-order valence-electron chi connectivity index (χ4n) is 4.71. The molecule has 3 heterocycles. The van der Waals surface area contributed by atoms with E-state index in [-0.39, 0.29) is 6.10 Å². The Labute approximate surface area is 186 Å². The van der Waals surface area contributed by atoms with Gasteiger partial charge in [-0.2, -0.15) is 5.10 Å². The molecule has 0 saturated carbocycles. The van der Waals surface area contributed by atoms with Crippen LogP contribution >= 0.6 is 0 Å². The average molecular weight is 425 g/mol. The number of aliphatic imine (C=N–C) groups is 1. The fraction of sp³-hybridized carbons (Fsp3) is 0.583. The van der Waals surface area contributed by atoms with Crippen LogP contribution in [0.3, 0.4) is 0 Å². The highest BCUT2D eigenvalue weighted by Gasteiger charge is 2.25. The number of guanidine groups is 1. The minimum Gasteiger partial charge on any atom is -0.370 e. The van der Waals surface area contributed by atoms with Crippen LogP contribution in [0.1, 0.15) is 42.6 Å². The third kappa shape index (κ3) is 5.66. The van der Waals surface area contributed by atoms with Crippen molar-refractivity contribution < 1.29 is 4.74 Å². The van der Waals surface area contributed by atoms with E-state index in [0.717, 1.165) is 43.6 Å². The molecule has 168 valence electrons. The molecule has 1 aromatic carbocycles. The molecule has 0 bridgehead atoms. The maximum absolute atomic E-state index is 5.99. The van der Waals surface area contributed by atoms with Gasteiger partial charge in [-0.15, -0.1) is 0 Å². The number of hydrogen-bond donors (Lipinski definition) is 1. The number of rotatable bonds is 5. The Morgan fingerprint density at radius 1 is 1.23 bits per heavy atom. The zero-order chi connectivity index (χ0) is 21.6. The molecule has 0 amide bonds. The maximum Gasteiger partial charge on any atom is 0.194 e. The number of morpholine rings is 1. The summed E-state index contributed by atoms with van der Waals surface area (Å²) in [5, 5.41) is 7.89. The summed E-state index contributed by atoms with van der Waals surface area (Å²) in [7, 11) is 3.80.